The molecule has 2 aromatic heterocycles. The highest BCUT2D eigenvalue weighted by atomic mass is 32.1. The molecule has 1 aromatic carbocycles. The number of rotatable bonds is 2. The van der Waals surface area contributed by atoms with Crippen LogP contribution in [0.2, 0.25) is 0 Å². The smallest absolute Gasteiger partial charge is 0.273 e. The molecule has 108 valence electrons. The number of para-hydroxylation sites is 1. The standard InChI is InChI=1S/C16H11N3O2S/c1-9-11(15(20)19-18-9)8-10-6-7-13(21-10)16-17-12-4-2-3-5-14(12)22-16/h2-8H,1H3,(H,19,20)/b11-8+. The minimum absolute atomic E-state index is 0.213. The number of hydrazone groups is 1. The van der Waals surface area contributed by atoms with Crippen LogP contribution in [0.25, 0.3) is 27.1 Å². The summed E-state index contributed by atoms with van der Waals surface area (Å²) in [5.74, 6) is 1.09. The van der Waals surface area contributed by atoms with Crippen molar-refractivity contribution in [3.05, 3.63) is 47.7 Å². The summed E-state index contributed by atoms with van der Waals surface area (Å²) in [5, 5.41) is 4.71. The van der Waals surface area contributed by atoms with Crippen molar-refractivity contribution < 1.29 is 9.21 Å². The van der Waals surface area contributed by atoms with E-state index in [1.165, 1.54) is 0 Å². The average molecular weight is 309 g/mol. The Morgan fingerprint density at radius 2 is 2.09 bits per heavy atom. The van der Waals surface area contributed by atoms with Crippen molar-refractivity contribution in [1.29, 1.82) is 0 Å². The van der Waals surface area contributed by atoms with Gasteiger partial charge in [0.2, 0.25) is 0 Å². The number of carbonyl (C=O) groups excluding carboxylic acids is 1. The Balaban J connectivity index is 1.71. The molecule has 0 saturated heterocycles. The summed E-state index contributed by atoms with van der Waals surface area (Å²) in [4.78, 5) is 16.2. The summed E-state index contributed by atoms with van der Waals surface area (Å²) in [6.45, 7) is 1.78. The molecule has 0 saturated carbocycles. The summed E-state index contributed by atoms with van der Waals surface area (Å²) in [5.41, 5.74) is 4.55. The van der Waals surface area contributed by atoms with Gasteiger partial charge < -0.3 is 4.42 Å². The van der Waals surface area contributed by atoms with Gasteiger partial charge in [0.25, 0.3) is 5.91 Å². The fourth-order valence-corrected chi connectivity index (χ4v) is 3.18. The lowest BCUT2D eigenvalue weighted by Crippen LogP contribution is -2.12. The zero-order chi connectivity index (χ0) is 15.1. The minimum atomic E-state index is -0.213. The minimum Gasteiger partial charge on any atom is -0.454 e. The van der Waals surface area contributed by atoms with Crippen LogP contribution in [0, 0.1) is 0 Å². The molecule has 22 heavy (non-hydrogen) atoms. The number of amides is 1. The summed E-state index contributed by atoms with van der Waals surface area (Å²) in [6.07, 6.45) is 1.69. The zero-order valence-corrected chi connectivity index (χ0v) is 12.5. The number of nitrogens with one attached hydrogen (secondary N) is 1. The Kier molecular flexibility index (Phi) is 2.90. The van der Waals surface area contributed by atoms with Gasteiger partial charge in [0, 0.05) is 0 Å². The molecule has 3 aromatic rings. The Morgan fingerprint density at radius 3 is 2.86 bits per heavy atom. The van der Waals surface area contributed by atoms with Gasteiger partial charge in [0.05, 0.1) is 21.5 Å². The zero-order valence-electron chi connectivity index (χ0n) is 11.7. The Hall–Kier alpha value is -2.73. The van der Waals surface area contributed by atoms with Gasteiger partial charge in [-0.3, -0.25) is 4.79 Å². The normalized spacial score (nSPS) is 16.3. The first-order chi connectivity index (χ1) is 10.7. The SMILES string of the molecule is CC1=NNC(=O)/C1=C/c1ccc(-c2nc3ccccc3s2)o1. The molecule has 0 bridgehead atoms. The summed E-state index contributed by atoms with van der Waals surface area (Å²) >= 11 is 1.58. The topological polar surface area (TPSA) is 67.5 Å². The lowest BCUT2D eigenvalue weighted by atomic mass is 10.1. The Bertz CT molecular complexity index is 916. The van der Waals surface area contributed by atoms with Crippen LogP contribution in [0.4, 0.5) is 0 Å². The van der Waals surface area contributed by atoms with E-state index in [0.29, 0.717) is 22.8 Å². The number of furan rings is 1. The van der Waals surface area contributed by atoms with Gasteiger partial charge in [0.15, 0.2) is 10.8 Å². The van der Waals surface area contributed by atoms with Crippen LogP contribution in [0.5, 0.6) is 0 Å². The molecule has 1 N–H and O–H groups in total. The van der Waals surface area contributed by atoms with Gasteiger partial charge in [-0.25, -0.2) is 10.4 Å². The first kappa shape index (κ1) is 13.0. The highest BCUT2D eigenvalue weighted by Gasteiger charge is 2.19. The van der Waals surface area contributed by atoms with Crippen molar-refractivity contribution in [2.75, 3.05) is 0 Å². The molecule has 0 unspecified atom stereocenters. The second-order valence-corrected chi connectivity index (χ2v) is 5.92. The van der Waals surface area contributed by atoms with Gasteiger partial charge in [0.1, 0.15) is 5.76 Å². The average Bonchev–Trinajstić information content (AvgIpc) is 3.21. The number of thiazole rings is 1. The number of nitrogens with zero attached hydrogens (tertiary/aromatic N) is 2. The third-order valence-corrected chi connectivity index (χ3v) is 4.43. The van der Waals surface area contributed by atoms with Crippen LogP contribution >= 0.6 is 11.3 Å². The summed E-state index contributed by atoms with van der Waals surface area (Å²) in [7, 11) is 0. The number of fused-ring (bicyclic) bond motifs is 1. The molecule has 3 heterocycles. The highest BCUT2D eigenvalue weighted by Crippen LogP contribution is 2.31. The monoisotopic (exact) mass is 309 g/mol. The first-order valence-corrected chi connectivity index (χ1v) is 7.55. The molecule has 4 rings (SSSR count). The van der Waals surface area contributed by atoms with Crippen molar-refractivity contribution in [3.63, 3.8) is 0 Å². The Labute approximate surface area is 130 Å². The first-order valence-electron chi connectivity index (χ1n) is 6.73. The lowest BCUT2D eigenvalue weighted by molar-refractivity contribution is -0.116. The van der Waals surface area contributed by atoms with Crippen molar-refractivity contribution in [1.82, 2.24) is 10.4 Å². The number of hydrogen-bond donors (Lipinski definition) is 1. The predicted octanol–water partition coefficient (Wildman–Crippen LogP) is 3.45. The maximum atomic E-state index is 11.6. The molecule has 1 aliphatic heterocycles. The van der Waals surface area contributed by atoms with E-state index < -0.39 is 0 Å². The van der Waals surface area contributed by atoms with Crippen LogP contribution in [-0.2, 0) is 4.79 Å². The Morgan fingerprint density at radius 1 is 1.23 bits per heavy atom. The number of benzene rings is 1. The van der Waals surface area contributed by atoms with E-state index in [9.17, 15) is 4.79 Å². The van der Waals surface area contributed by atoms with Crippen LogP contribution < -0.4 is 5.43 Å². The van der Waals surface area contributed by atoms with Gasteiger partial charge >= 0.3 is 0 Å². The molecule has 5 nitrogen and oxygen atoms in total. The molecular formula is C16H11N3O2S. The lowest BCUT2D eigenvalue weighted by Gasteiger charge is -1.93. The molecule has 0 spiro atoms. The van der Waals surface area contributed by atoms with E-state index >= 15 is 0 Å². The van der Waals surface area contributed by atoms with E-state index in [2.05, 4.69) is 15.5 Å². The molecule has 6 heteroatoms. The molecular weight excluding hydrogens is 298 g/mol. The number of hydrogen-bond acceptors (Lipinski definition) is 5. The highest BCUT2D eigenvalue weighted by molar-refractivity contribution is 7.21. The van der Waals surface area contributed by atoms with Crippen LogP contribution in [0.15, 0.2) is 51.5 Å². The van der Waals surface area contributed by atoms with Gasteiger partial charge in [-0.2, -0.15) is 5.10 Å². The van der Waals surface area contributed by atoms with Crippen molar-refractivity contribution >= 4 is 39.2 Å². The number of carbonyl (C=O) groups is 1. The van der Waals surface area contributed by atoms with Crippen LogP contribution in [0.3, 0.4) is 0 Å². The summed E-state index contributed by atoms with van der Waals surface area (Å²) in [6, 6.07) is 11.7. The largest absolute Gasteiger partial charge is 0.454 e. The quantitative estimate of drug-likeness (QED) is 0.737. The van der Waals surface area contributed by atoms with Gasteiger partial charge in [-0.05, 0) is 37.3 Å². The predicted molar refractivity (Wildman–Crippen MR) is 86.6 cm³/mol. The van der Waals surface area contributed by atoms with E-state index in [1.807, 2.05) is 36.4 Å². The van der Waals surface area contributed by atoms with Gasteiger partial charge in [-0.15, -0.1) is 11.3 Å². The van der Waals surface area contributed by atoms with E-state index in [0.717, 1.165) is 15.2 Å². The molecule has 1 amide bonds. The molecule has 1 aliphatic rings. The van der Waals surface area contributed by atoms with Crippen molar-refractivity contribution in [2.24, 2.45) is 5.10 Å². The summed E-state index contributed by atoms with van der Waals surface area (Å²) < 4.78 is 6.91. The second kappa shape index (κ2) is 4.92. The molecule has 0 aliphatic carbocycles. The number of aromatic nitrogens is 1. The van der Waals surface area contributed by atoms with E-state index in [1.54, 1.807) is 24.3 Å². The van der Waals surface area contributed by atoms with Gasteiger partial charge in [-0.1, -0.05) is 12.1 Å². The molecule has 0 radical (unpaired) electrons. The second-order valence-electron chi connectivity index (χ2n) is 4.88. The fourth-order valence-electron chi connectivity index (χ4n) is 2.25. The maximum Gasteiger partial charge on any atom is 0.273 e. The molecule has 0 atom stereocenters. The van der Waals surface area contributed by atoms with Crippen LogP contribution in [0.1, 0.15) is 12.7 Å². The van der Waals surface area contributed by atoms with Crippen molar-refractivity contribution in [2.45, 2.75) is 6.92 Å². The third kappa shape index (κ3) is 2.14. The molecule has 0 fully saturated rings. The fraction of sp³-hybridized carbons (Fsp3) is 0.0625. The van der Waals surface area contributed by atoms with Crippen LogP contribution in [-0.4, -0.2) is 16.6 Å². The van der Waals surface area contributed by atoms with Crippen molar-refractivity contribution in [3.8, 4) is 10.8 Å². The third-order valence-electron chi connectivity index (χ3n) is 3.38. The van der Waals surface area contributed by atoms with E-state index in [4.69, 9.17) is 4.42 Å². The maximum absolute atomic E-state index is 11.6. The van der Waals surface area contributed by atoms with E-state index in [-0.39, 0.29) is 5.91 Å².